The smallest absolute Gasteiger partial charge is 0.409 e. The maximum Gasteiger partial charge on any atom is 0.409 e. The van der Waals surface area contributed by atoms with Crippen molar-refractivity contribution < 1.29 is 14.6 Å². The second-order valence-electron chi connectivity index (χ2n) is 7.66. The Morgan fingerprint density at radius 3 is 2.34 bits per heavy atom. The van der Waals surface area contributed by atoms with Gasteiger partial charge in [-0.2, -0.15) is 0 Å². The van der Waals surface area contributed by atoms with Gasteiger partial charge in [0.25, 0.3) is 0 Å². The van der Waals surface area contributed by atoms with E-state index in [1.165, 1.54) is 22.3 Å². The zero-order valence-corrected chi connectivity index (χ0v) is 16.1. The molecule has 2 aromatic carbocycles. The van der Waals surface area contributed by atoms with E-state index < -0.39 is 6.10 Å². The minimum absolute atomic E-state index is 0.0624. The van der Waals surface area contributed by atoms with Gasteiger partial charge in [-0.05, 0) is 29.2 Å². The summed E-state index contributed by atoms with van der Waals surface area (Å²) in [7, 11) is 0. The van der Waals surface area contributed by atoms with Gasteiger partial charge in [-0.15, -0.1) is 5.10 Å². The number of benzene rings is 2. The lowest BCUT2D eigenvalue weighted by Gasteiger charge is -2.38. The summed E-state index contributed by atoms with van der Waals surface area (Å²) in [6.07, 6.45) is 0.769. The number of amides is 1. The van der Waals surface area contributed by atoms with Gasteiger partial charge in [-0.25, -0.2) is 9.48 Å². The third-order valence-corrected chi connectivity index (χ3v) is 5.79. The first-order valence-electron chi connectivity index (χ1n) is 9.81. The van der Waals surface area contributed by atoms with Crippen molar-refractivity contribution in [3.05, 3.63) is 71.5 Å². The standard InChI is InChI=1S/C22H22N4O3/c1-14(27)21-12-26(24-23-21)15-10-25(11-15)22(28)29-13-20-18-8-4-2-6-16(18)17-7-3-5-9-19(17)20/h2-9,12,14-15,20,27H,10-11,13H2,1H3/t14-/m1/s1. The maximum atomic E-state index is 12.5. The predicted molar refractivity (Wildman–Crippen MR) is 106 cm³/mol. The van der Waals surface area contributed by atoms with E-state index >= 15 is 0 Å². The molecule has 1 aliphatic carbocycles. The summed E-state index contributed by atoms with van der Waals surface area (Å²) < 4.78 is 7.38. The molecule has 0 radical (unpaired) electrons. The highest BCUT2D eigenvalue weighted by Gasteiger charge is 2.35. The minimum Gasteiger partial charge on any atom is -0.448 e. The highest BCUT2D eigenvalue weighted by molar-refractivity contribution is 5.79. The number of aliphatic hydroxyl groups excluding tert-OH is 1. The normalized spacial score (nSPS) is 16.8. The molecule has 1 fully saturated rings. The fraction of sp³-hybridized carbons (Fsp3) is 0.318. The fourth-order valence-corrected chi connectivity index (χ4v) is 4.12. The summed E-state index contributed by atoms with van der Waals surface area (Å²) in [5.74, 6) is 0.0624. The number of ether oxygens (including phenoxy) is 1. The van der Waals surface area contributed by atoms with Crippen LogP contribution < -0.4 is 0 Å². The molecule has 1 atom stereocenters. The number of aliphatic hydroxyl groups is 1. The van der Waals surface area contributed by atoms with Gasteiger partial charge in [0.2, 0.25) is 0 Å². The Hall–Kier alpha value is -3.19. The van der Waals surface area contributed by atoms with Crippen LogP contribution in [0, 0.1) is 0 Å². The van der Waals surface area contributed by atoms with Crippen molar-refractivity contribution in [2.75, 3.05) is 19.7 Å². The Kier molecular flexibility index (Phi) is 4.32. The molecule has 1 aromatic heterocycles. The summed E-state index contributed by atoms with van der Waals surface area (Å²) in [6, 6.07) is 16.7. The predicted octanol–water partition coefficient (Wildman–Crippen LogP) is 3.14. The summed E-state index contributed by atoms with van der Waals surface area (Å²) in [5, 5.41) is 17.6. The van der Waals surface area contributed by atoms with E-state index in [0.717, 1.165) is 0 Å². The Balaban J connectivity index is 1.22. The molecule has 1 N–H and O–H groups in total. The van der Waals surface area contributed by atoms with Crippen molar-refractivity contribution >= 4 is 6.09 Å². The van der Waals surface area contributed by atoms with Crippen LogP contribution in [0.25, 0.3) is 11.1 Å². The van der Waals surface area contributed by atoms with Gasteiger partial charge in [0, 0.05) is 19.0 Å². The monoisotopic (exact) mass is 390 g/mol. The van der Waals surface area contributed by atoms with Gasteiger partial charge in [0.15, 0.2) is 0 Å². The summed E-state index contributed by atoms with van der Waals surface area (Å²) >= 11 is 0. The molecule has 1 saturated heterocycles. The van der Waals surface area contributed by atoms with Gasteiger partial charge < -0.3 is 14.7 Å². The van der Waals surface area contributed by atoms with Crippen molar-refractivity contribution in [2.45, 2.75) is 25.0 Å². The lowest BCUT2D eigenvalue weighted by atomic mass is 9.98. The quantitative estimate of drug-likeness (QED) is 0.740. The van der Waals surface area contributed by atoms with Crippen LogP contribution in [0.15, 0.2) is 54.7 Å². The molecule has 5 rings (SSSR count). The summed E-state index contributed by atoms with van der Waals surface area (Å²) in [6.45, 7) is 3.03. The average Bonchev–Trinajstić information content (AvgIpc) is 3.29. The van der Waals surface area contributed by atoms with Crippen LogP contribution in [0.3, 0.4) is 0 Å². The number of carbonyl (C=O) groups is 1. The molecule has 29 heavy (non-hydrogen) atoms. The SMILES string of the molecule is C[C@@H](O)c1cn(C2CN(C(=O)OCC3c4ccccc4-c4ccccc43)C2)nn1. The zero-order valence-electron chi connectivity index (χ0n) is 16.1. The highest BCUT2D eigenvalue weighted by Crippen LogP contribution is 2.44. The molecule has 1 aliphatic heterocycles. The number of aromatic nitrogens is 3. The first kappa shape index (κ1) is 17.9. The first-order valence-corrected chi connectivity index (χ1v) is 9.81. The second kappa shape index (κ2) is 7.00. The first-order chi connectivity index (χ1) is 14.1. The van der Waals surface area contributed by atoms with Crippen molar-refractivity contribution in [2.24, 2.45) is 0 Å². The van der Waals surface area contributed by atoms with E-state index in [0.29, 0.717) is 25.4 Å². The Morgan fingerprint density at radius 2 is 1.76 bits per heavy atom. The average molecular weight is 390 g/mol. The van der Waals surface area contributed by atoms with Crippen LogP contribution >= 0.6 is 0 Å². The van der Waals surface area contributed by atoms with Crippen LogP contribution in [0.4, 0.5) is 4.79 Å². The Morgan fingerprint density at radius 1 is 1.14 bits per heavy atom. The van der Waals surface area contributed by atoms with E-state index in [-0.39, 0.29) is 18.1 Å². The van der Waals surface area contributed by atoms with Crippen LogP contribution in [0.2, 0.25) is 0 Å². The van der Waals surface area contributed by atoms with Crippen molar-refractivity contribution in [1.82, 2.24) is 19.9 Å². The molecule has 1 amide bonds. The van der Waals surface area contributed by atoms with Crippen molar-refractivity contribution in [1.29, 1.82) is 0 Å². The molecule has 2 heterocycles. The number of fused-ring (bicyclic) bond motifs is 3. The largest absolute Gasteiger partial charge is 0.448 e. The molecule has 148 valence electrons. The minimum atomic E-state index is -0.651. The van der Waals surface area contributed by atoms with E-state index in [4.69, 9.17) is 4.74 Å². The number of rotatable bonds is 4. The molecule has 0 spiro atoms. The number of nitrogens with zero attached hydrogens (tertiary/aromatic N) is 4. The molecule has 0 bridgehead atoms. The van der Waals surface area contributed by atoms with Crippen molar-refractivity contribution in [3.63, 3.8) is 0 Å². The molecule has 0 unspecified atom stereocenters. The third kappa shape index (κ3) is 3.07. The number of carbonyl (C=O) groups excluding carboxylic acids is 1. The zero-order chi connectivity index (χ0) is 20.0. The van der Waals surface area contributed by atoms with Crippen LogP contribution in [0.1, 0.15) is 41.8 Å². The summed E-state index contributed by atoms with van der Waals surface area (Å²) in [5.41, 5.74) is 5.37. The van der Waals surface area contributed by atoms with Gasteiger partial charge in [-0.3, -0.25) is 0 Å². The molecular formula is C22H22N4O3. The molecule has 3 aromatic rings. The van der Waals surface area contributed by atoms with Crippen LogP contribution in [0.5, 0.6) is 0 Å². The van der Waals surface area contributed by atoms with Crippen LogP contribution in [-0.4, -0.2) is 50.8 Å². The summed E-state index contributed by atoms with van der Waals surface area (Å²) in [4.78, 5) is 14.2. The van der Waals surface area contributed by atoms with Gasteiger partial charge in [0.1, 0.15) is 12.3 Å². The Bertz CT molecular complexity index is 1010. The van der Waals surface area contributed by atoms with E-state index in [9.17, 15) is 9.90 Å². The topological polar surface area (TPSA) is 80.5 Å². The molecular weight excluding hydrogens is 368 g/mol. The third-order valence-electron chi connectivity index (χ3n) is 5.79. The fourth-order valence-electron chi connectivity index (χ4n) is 4.12. The number of hydrogen-bond acceptors (Lipinski definition) is 5. The van der Waals surface area contributed by atoms with E-state index in [2.05, 4.69) is 34.6 Å². The van der Waals surface area contributed by atoms with Crippen LogP contribution in [-0.2, 0) is 4.74 Å². The molecule has 2 aliphatic rings. The number of hydrogen-bond donors (Lipinski definition) is 1. The van der Waals surface area contributed by atoms with Gasteiger partial charge in [0.05, 0.1) is 18.3 Å². The Labute approximate surface area is 168 Å². The second-order valence-corrected chi connectivity index (χ2v) is 7.66. The maximum absolute atomic E-state index is 12.5. The van der Waals surface area contributed by atoms with Gasteiger partial charge >= 0.3 is 6.09 Å². The van der Waals surface area contributed by atoms with E-state index in [1.54, 1.807) is 22.7 Å². The molecule has 7 nitrogen and oxygen atoms in total. The lowest BCUT2D eigenvalue weighted by Crippen LogP contribution is -2.51. The molecule has 7 heteroatoms. The van der Waals surface area contributed by atoms with Crippen molar-refractivity contribution in [3.8, 4) is 11.1 Å². The van der Waals surface area contributed by atoms with Gasteiger partial charge in [-0.1, -0.05) is 53.7 Å². The number of likely N-dealkylation sites (tertiary alicyclic amines) is 1. The van der Waals surface area contributed by atoms with E-state index in [1.807, 2.05) is 24.3 Å². The molecule has 0 saturated carbocycles. The highest BCUT2D eigenvalue weighted by atomic mass is 16.6. The lowest BCUT2D eigenvalue weighted by molar-refractivity contribution is 0.0519.